The highest BCUT2D eigenvalue weighted by atomic mass is 32.2. The van der Waals surface area contributed by atoms with E-state index in [0.717, 1.165) is 19.2 Å². The molecule has 10 heteroatoms. The Kier molecular flexibility index (Phi) is 4.72. The van der Waals surface area contributed by atoms with E-state index < -0.39 is 27.3 Å². The van der Waals surface area contributed by atoms with Crippen molar-refractivity contribution in [1.82, 2.24) is 0 Å². The first-order chi connectivity index (χ1) is 9.55. The summed E-state index contributed by atoms with van der Waals surface area (Å²) in [6.45, 7) is 1.48. The van der Waals surface area contributed by atoms with Crippen LogP contribution in [0.1, 0.15) is 22.8 Å². The molecule has 0 unspecified atom stereocenters. The van der Waals surface area contributed by atoms with Crippen molar-refractivity contribution in [3.05, 3.63) is 23.3 Å². The molecular formula is C11H11F3O6S. The number of carboxylic acid groups (broad SMARTS) is 1. The van der Waals surface area contributed by atoms with Crippen LogP contribution in [0, 0.1) is 0 Å². The molecule has 0 aromatic heterocycles. The number of ether oxygens (including phenoxy) is 1. The van der Waals surface area contributed by atoms with Crippen molar-refractivity contribution in [2.75, 3.05) is 7.11 Å². The van der Waals surface area contributed by atoms with E-state index >= 15 is 0 Å². The molecule has 1 N–H and O–H groups in total. The van der Waals surface area contributed by atoms with Gasteiger partial charge < -0.3 is 14.0 Å². The van der Waals surface area contributed by atoms with Gasteiger partial charge in [0.2, 0.25) is 0 Å². The summed E-state index contributed by atoms with van der Waals surface area (Å²) in [6.07, 6.45) is 0.00695. The Bertz CT molecular complexity index is 651. The van der Waals surface area contributed by atoms with Gasteiger partial charge in [0.05, 0.1) is 7.11 Å². The monoisotopic (exact) mass is 328 g/mol. The molecule has 0 bridgehead atoms. The minimum absolute atomic E-state index is 0.00695. The molecule has 0 fully saturated rings. The largest absolute Gasteiger partial charge is 0.534 e. The third-order valence-electron chi connectivity index (χ3n) is 2.49. The van der Waals surface area contributed by atoms with E-state index in [1.165, 1.54) is 6.92 Å². The fraction of sp³-hybridized carbons (Fsp3) is 0.364. The van der Waals surface area contributed by atoms with E-state index in [1.54, 1.807) is 0 Å². The Morgan fingerprint density at radius 3 is 2.29 bits per heavy atom. The molecule has 0 atom stereocenters. The molecule has 1 rings (SSSR count). The van der Waals surface area contributed by atoms with Gasteiger partial charge in [0, 0.05) is 5.56 Å². The summed E-state index contributed by atoms with van der Waals surface area (Å²) < 4.78 is 67.8. The predicted molar refractivity (Wildman–Crippen MR) is 64.9 cm³/mol. The predicted octanol–water partition coefficient (Wildman–Crippen LogP) is 2.18. The maximum atomic E-state index is 12.3. The van der Waals surface area contributed by atoms with E-state index in [1.807, 2.05) is 0 Å². The Labute approximate surface area is 118 Å². The third-order valence-corrected chi connectivity index (χ3v) is 3.45. The van der Waals surface area contributed by atoms with Crippen molar-refractivity contribution in [1.29, 1.82) is 0 Å². The second-order valence-corrected chi connectivity index (χ2v) is 5.30. The lowest BCUT2D eigenvalue weighted by Gasteiger charge is -2.16. The van der Waals surface area contributed by atoms with Crippen LogP contribution in [0.5, 0.6) is 11.5 Å². The van der Waals surface area contributed by atoms with Crippen molar-refractivity contribution < 1.29 is 40.4 Å². The van der Waals surface area contributed by atoms with Crippen molar-refractivity contribution in [3.63, 3.8) is 0 Å². The van der Waals surface area contributed by atoms with Crippen molar-refractivity contribution >= 4 is 16.1 Å². The topological polar surface area (TPSA) is 89.9 Å². The number of carboxylic acids is 1. The van der Waals surface area contributed by atoms with Gasteiger partial charge in [-0.25, -0.2) is 4.79 Å². The summed E-state index contributed by atoms with van der Waals surface area (Å²) in [5.41, 5.74) is -5.99. The zero-order valence-corrected chi connectivity index (χ0v) is 11.7. The number of benzene rings is 1. The molecule has 0 saturated carbocycles. The fourth-order valence-electron chi connectivity index (χ4n) is 1.59. The molecule has 0 aliphatic carbocycles. The molecule has 1 aromatic carbocycles. The summed E-state index contributed by atoms with van der Waals surface area (Å²) in [5.74, 6) is -2.25. The first-order valence-corrected chi connectivity index (χ1v) is 6.89. The molecule has 1 aromatic rings. The Balaban J connectivity index is 3.43. The van der Waals surface area contributed by atoms with Gasteiger partial charge >= 0.3 is 21.6 Å². The van der Waals surface area contributed by atoms with Crippen molar-refractivity contribution in [3.8, 4) is 11.5 Å². The minimum atomic E-state index is -5.84. The zero-order valence-electron chi connectivity index (χ0n) is 10.9. The lowest BCUT2D eigenvalue weighted by molar-refractivity contribution is -0.0500. The summed E-state index contributed by atoms with van der Waals surface area (Å²) in [7, 11) is -4.73. The van der Waals surface area contributed by atoms with Crippen LogP contribution in [0.25, 0.3) is 0 Å². The average molecular weight is 328 g/mol. The van der Waals surface area contributed by atoms with E-state index in [9.17, 15) is 26.4 Å². The number of methoxy groups -OCH3 is 1. The quantitative estimate of drug-likeness (QED) is 0.658. The Morgan fingerprint density at radius 1 is 1.33 bits per heavy atom. The van der Waals surface area contributed by atoms with Gasteiger partial charge in [0.15, 0.2) is 0 Å². The molecule has 0 spiro atoms. The zero-order chi connectivity index (χ0) is 16.4. The Hall–Kier alpha value is -1.97. The van der Waals surface area contributed by atoms with E-state index in [0.29, 0.717) is 0 Å². The number of halogens is 3. The SMILES string of the molecule is CCc1c(OS(=O)(=O)C(F)(F)F)ccc(C(=O)O)c1OC. The molecule has 0 aliphatic heterocycles. The minimum Gasteiger partial charge on any atom is -0.495 e. The summed E-state index contributed by atoms with van der Waals surface area (Å²) >= 11 is 0. The number of aromatic carboxylic acids is 1. The number of hydrogen-bond donors (Lipinski definition) is 1. The first kappa shape index (κ1) is 17.1. The van der Waals surface area contributed by atoms with Crippen LogP contribution < -0.4 is 8.92 Å². The van der Waals surface area contributed by atoms with Crippen LogP contribution in [0.15, 0.2) is 12.1 Å². The van der Waals surface area contributed by atoms with Gasteiger partial charge in [0.25, 0.3) is 0 Å². The van der Waals surface area contributed by atoms with Gasteiger partial charge in [-0.15, -0.1) is 0 Å². The summed E-state index contributed by atoms with van der Waals surface area (Å²) in [5, 5.41) is 8.95. The lowest BCUT2D eigenvalue weighted by Crippen LogP contribution is -2.28. The van der Waals surface area contributed by atoms with Gasteiger partial charge in [-0.1, -0.05) is 6.92 Å². The summed E-state index contributed by atoms with van der Waals surface area (Å²) in [4.78, 5) is 11.0. The van der Waals surface area contributed by atoms with Gasteiger partial charge in [-0.05, 0) is 18.6 Å². The van der Waals surface area contributed by atoms with Crippen molar-refractivity contribution in [2.45, 2.75) is 18.9 Å². The Morgan fingerprint density at radius 2 is 1.90 bits per heavy atom. The fourth-order valence-corrected chi connectivity index (χ4v) is 2.08. The molecule has 21 heavy (non-hydrogen) atoms. The maximum Gasteiger partial charge on any atom is 0.534 e. The van der Waals surface area contributed by atoms with Crippen molar-refractivity contribution in [2.24, 2.45) is 0 Å². The second-order valence-electron chi connectivity index (χ2n) is 3.76. The lowest BCUT2D eigenvalue weighted by atomic mass is 10.1. The number of carbonyl (C=O) groups is 1. The smallest absolute Gasteiger partial charge is 0.495 e. The molecule has 0 radical (unpaired) electrons. The molecule has 0 amide bonds. The number of alkyl halides is 3. The number of hydrogen-bond acceptors (Lipinski definition) is 5. The summed E-state index contributed by atoms with van der Waals surface area (Å²) in [6, 6.07) is 1.75. The molecule has 0 heterocycles. The standard InChI is InChI=1S/C11H11F3O6S/c1-3-6-8(20-21(17,18)11(12,13)14)5-4-7(10(15)16)9(6)19-2/h4-5H,3H2,1-2H3,(H,15,16). The van der Waals surface area contributed by atoms with Crippen LogP contribution in [0.3, 0.4) is 0 Å². The molecule has 118 valence electrons. The van der Waals surface area contributed by atoms with Crippen LogP contribution in [-0.4, -0.2) is 32.1 Å². The highest BCUT2D eigenvalue weighted by Crippen LogP contribution is 2.36. The normalized spacial score (nSPS) is 12.0. The van der Waals surface area contributed by atoms with Crippen LogP contribution in [0.2, 0.25) is 0 Å². The first-order valence-electron chi connectivity index (χ1n) is 5.49. The highest BCUT2D eigenvalue weighted by Gasteiger charge is 2.49. The van der Waals surface area contributed by atoms with Gasteiger partial charge in [-0.2, -0.15) is 21.6 Å². The third kappa shape index (κ3) is 3.38. The molecule has 6 nitrogen and oxygen atoms in total. The molecule has 0 aliphatic rings. The molecular weight excluding hydrogens is 317 g/mol. The number of rotatable bonds is 5. The van der Waals surface area contributed by atoms with Crippen LogP contribution >= 0.6 is 0 Å². The van der Waals surface area contributed by atoms with E-state index in [4.69, 9.17) is 9.84 Å². The van der Waals surface area contributed by atoms with E-state index in [-0.39, 0.29) is 23.3 Å². The maximum absolute atomic E-state index is 12.3. The van der Waals surface area contributed by atoms with Gasteiger partial charge in [-0.3, -0.25) is 0 Å². The average Bonchev–Trinajstić information content (AvgIpc) is 2.35. The van der Waals surface area contributed by atoms with Gasteiger partial charge in [0.1, 0.15) is 17.1 Å². The van der Waals surface area contributed by atoms with E-state index in [2.05, 4.69) is 4.18 Å². The second kappa shape index (κ2) is 5.80. The van der Waals surface area contributed by atoms with Crippen LogP contribution in [-0.2, 0) is 16.5 Å². The van der Waals surface area contributed by atoms with Crippen LogP contribution in [0.4, 0.5) is 13.2 Å². The highest BCUT2D eigenvalue weighted by molar-refractivity contribution is 7.88. The molecule has 0 saturated heterocycles.